The largest absolute Gasteiger partial charge is 0.377 e. The van der Waals surface area contributed by atoms with Crippen LogP contribution in [0.3, 0.4) is 0 Å². The maximum atomic E-state index is 5.54. The summed E-state index contributed by atoms with van der Waals surface area (Å²) >= 11 is 0. The summed E-state index contributed by atoms with van der Waals surface area (Å²) in [5.41, 5.74) is 0. The monoisotopic (exact) mass is 216 g/mol. The van der Waals surface area contributed by atoms with Crippen LogP contribution in [0, 0.1) is 0 Å². The average Bonchev–Trinajstić information content (AvgIpc) is 2.16. The van der Waals surface area contributed by atoms with Crippen LogP contribution in [0.4, 0.5) is 0 Å². The minimum atomic E-state index is 0.338. The van der Waals surface area contributed by atoms with Gasteiger partial charge in [0, 0.05) is 18.6 Å². The van der Waals surface area contributed by atoms with Crippen LogP contribution in [0.15, 0.2) is 0 Å². The first kappa shape index (κ1) is 14.9. The molecule has 0 radical (unpaired) electrons. The Kier molecular flexibility index (Phi) is 8.02. The van der Waals surface area contributed by atoms with E-state index in [4.69, 9.17) is 4.74 Å². The molecule has 0 aromatic rings. The zero-order valence-corrected chi connectivity index (χ0v) is 11.2. The number of nitrogens with one attached hydrogen (secondary N) is 1. The number of likely N-dealkylation sites (N-methyl/N-ethyl adjacent to an activating group) is 1. The van der Waals surface area contributed by atoms with Crippen molar-refractivity contribution in [3.63, 3.8) is 0 Å². The second-order valence-corrected chi connectivity index (χ2v) is 4.67. The number of ether oxygens (including phenoxy) is 1. The molecule has 92 valence electrons. The van der Waals surface area contributed by atoms with Crippen LogP contribution in [0.25, 0.3) is 0 Å². The van der Waals surface area contributed by atoms with E-state index in [1.165, 1.54) is 6.42 Å². The van der Waals surface area contributed by atoms with Crippen LogP contribution >= 0.6 is 0 Å². The Labute approximate surface area is 95.2 Å². The standard InChI is InChI=1S/C12H28N2O/c1-10(2)15-8-7-14(6)12(4)9-11(3)13-5/h10-13H,7-9H2,1-6H3. The third kappa shape index (κ3) is 7.77. The van der Waals surface area contributed by atoms with Gasteiger partial charge in [0.05, 0.1) is 12.7 Å². The summed E-state index contributed by atoms with van der Waals surface area (Å²) < 4.78 is 5.54. The second-order valence-electron chi connectivity index (χ2n) is 4.67. The lowest BCUT2D eigenvalue weighted by atomic mass is 10.1. The minimum absolute atomic E-state index is 0.338. The molecule has 0 heterocycles. The average molecular weight is 216 g/mol. The van der Waals surface area contributed by atoms with Crippen LogP contribution in [-0.2, 0) is 4.74 Å². The van der Waals surface area contributed by atoms with Crippen molar-refractivity contribution in [3.05, 3.63) is 0 Å². The molecule has 0 spiro atoms. The van der Waals surface area contributed by atoms with E-state index in [9.17, 15) is 0 Å². The van der Waals surface area contributed by atoms with E-state index in [0.717, 1.165) is 13.2 Å². The molecule has 0 rings (SSSR count). The molecule has 0 aliphatic heterocycles. The van der Waals surface area contributed by atoms with E-state index in [-0.39, 0.29) is 0 Å². The van der Waals surface area contributed by atoms with Crippen LogP contribution < -0.4 is 5.32 Å². The molecule has 0 aliphatic carbocycles. The molecule has 0 fully saturated rings. The van der Waals surface area contributed by atoms with E-state index in [1.54, 1.807) is 0 Å². The summed E-state index contributed by atoms with van der Waals surface area (Å²) in [6.07, 6.45) is 1.51. The first-order chi connectivity index (χ1) is 6.97. The first-order valence-electron chi connectivity index (χ1n) is 5.96. The summed E-state index contributed by atoms with van der Waals surface area (Å²) in [6.45, 7) is 10.5. The van der Waals surface area contributed by atoms with Crippen molar-refractivity contribution in [1.29, 1.82) is 0 Å². The highest BCUT2D eigenvalue weighted by molar-refractivity contribution is 4.69. The molecule has 1 N–H and O–H groups in total. The molecule has 0 amide bonds. The zero-order valence-electron chi connectivity index (χ0n) is 11.2. The van der Waals surface area contributed by atoms with E-state index in [2.05, 4.69) is 45.0 Å². The van der Waals surface area contributed by atoms with Gasteiger partial charge in [0.15, 0.2) is 0 Å². The van der Waals surface area contributed by atoms with Gasteiger partial charge in [-0.05, 0) is 48.2 Å². The lowest BCUT2D eigenvalue weighted by Crippen LogP contribution is -2.37. The summed E-state index contributed by atoms with van der Waals surface area (Å²) in [5, 5.41) is 3.27. The quantitative estimate of drug-likeness (QED) is 0.669. The smallest absolute Gasteiger partial charge is 0.0596 e. The van der Waals surface area contributed by atoms with Crippen molar-refractivity contribution in [2.24, 2.45) is 0 Å². The lowest BCUT2D eigenvalue weighted by molar-refractivity contribution is 0.0558. The molecular weight excluding hydrogens is 188 g/mol. The van der Waals surface area contributed by atoms with Crippen LogP contribution in [0.2, 0.25) is 0 Å². The number of rotatable bonds is 8. The van der Waals surface area contributed by atoms with E-state index < -0.39 is 0 Å². The fourth-order valence-corrected chi connectivity index (χ4v) is 1.46. The topological polar surface area (TPSA) is 24.5 Å². The van der Waals surface area contributed by atoms with Gasteiger partial charge in [0.25, 0.3) is 0 Å². The second kappa shape index (κ2) is 8.08. The van der Waals surface area contributed by atoms with Crippen molar-refractivity contribution < 1.29 is 4.74 Å². The maximum Gasteiger partial charge on any atom is 0.0596 e. The van der Waals surface area contributed by atoms with E-state index >= 15 is 0 Å². The predicted molar refractivity (Wildman–Crippen MR) is 66.3 cm³/mol. The first-order valence-corrected chi connectivity index (χ1v) is 5.96. The van der Waals surface area contributed by atoms with Crippen molar-refractivity contribution in [2.45, 2.75) is 52.3 Å². The molecule has 3 heteroatoms. The number of hydrogen-bond acceptors (Lipinski definition) is 3. The van der Waals surface area contributed by atoms with Gasteiger partial charge in [-0.3, -0.25) is 0 Å². The molecule has 3 nitrogen and oxygen atoms in total. The van der Waals surface area contributed by atoms with Gasteiger partial charge in [-0.2, -0.15) is 0 Å². The lowest BCUT2D eigenvalue weighted by Gasteiger charge is -2.27. The van der Waals surface area contributed by atoms with Gasteiger partial charge in [-0.1, -0.05) is 0 Å². The van der Waals surface area contributed by atoms with Crippen molar-refractivity contribution >= 4 is 0 Å². The molecule has 0 aromatic heterocycles. The summed E-state index contributed by atoms with van der Waals surface area (Å²) in [7, 11) is 4.18. The predicted octanol–water partition coefficient (Wildman–Crippen LogP) is 1.73. The zero-order chi connectivity index (χ0) is 11.8. The highest BCUT2D eigenvalue weighted by atomic mass is 16.5. The Balaban J connectivity index is 3.64. The van der Waals surface area contributed by atoms with E-state index in [0.29, 0.717) is 18.2 Å². The normalized spacial score (nSPS) is 16.0. The Bertz CT molecular complexity index is 151. The Morgan fingerprint density at radius 1 is 1.20 bits per heavy atom. The third-order valence-corrected chi connectivity index (χ3v) is 2.84. The molecular formula is C12H28N2O. The summed E-state index contributed by atoms with van der Waals surface area (Å²) in [5.74, 6) is 0. The van der Waals surface area contributed by atoms with Crippen LogP contribution in [0.1, 0.15) is 34.1 Å². The SMILES string of the molecule is CNC(C)CC(C)N(C)CCOC(C)C. The third-order valence-electron chi connectivity index (χ3n) is 2.84. The number of hydrogen-bond donors (Lipinski definition) is 1. The van der Waals surface area contributed by atoms with Crippen LogP contribution in [-0.4, -0.2) is 50.3 Å². The van der Waals surface area contributed by atoms with Gasteiger partial charge in [0.2, 0.25) is 0 Å². The fraction of sp³-hybridized carbons (Fsp3) is 1.00. The Hall–Kier alpha value is -0.120. The molecule has 2 atom stereocenters. The minimum Gasteiger partial charge on any atom is -0.377 e. The fourth-order valence-electron chi connectivity index (χ4n) is 1.46. The molecule has 0 aliphatic rings. The van der Waals surface area contributed by atoms with Gasteiger partial charge < -0.3 is 15.0 Å². The van der Waals surface area contributed by atoms with Gasteiger partial charge in [0.1, 0.15) is 0 Å². The van der Waals surface area contributed by atoms with Gasteiger partial charge >= 0.3 is 0 Å². The molecule has 2 unspecified atom stereocenters. The summed E-state index contributed by atoms with van der Waals surface area (Å²) in [6, 6.07) is 1.18. The molecule has 0 bridgehead atoms. The van der Waals surface area contributed by atoms with Gasteiger partial charge in [-0.25, -0.2) is 0 Å². The maximum absolute atomic E-state index is 5.54. The highest BCUT2D eigenvalue weighted by Crippen LogP contribution is 2.04. The molecule has 0 aromatic carbocycles. The molecule has 0 saturated carbocycles. The Morgan fingerprint density at radius 3 is 2.27 bits per heavy atom. The highest BCUT2D eigenvalue weighted by Gasteiger charge is 2.11. The van der Waals surface area contributed by atoms with Gasteiger partial charge in [-0.15, -0.1) is 0 Å². The Morgan fingerprint density at radius 2 is 1.80 bits per heavy atom. The molecule has 15 heavy (non-hydrogen) atoms. The van der Waals surface area contributed by atoms with Crippen molar-refractivity contribution in [1.82, 2.24) is 10.2 Å². The van der Waals surface area contributed by atoms with Crippen LogP contribution in [0.5, 0.6) is 0 Å². The van der Waals surface area contributed by atoms with Crippen molar-refractivity contribution in [2.75, 3.05) is 27.2 Å². The molecule has 0 saturated heterocycles. The van der Waals surface area contributed by atoms with E-state index in [1.807, 2.05) is 7.05 Å². The number of nitrogens with zero attached hydrogens (tertiary/aromatic N) is 1. The van der Waals surface area contributed by atoms with Crippen molar-refractivity contribution in [3.8, 4) is 0 Å². The summed E-state index contributed by atoms with van der Waals surface area (Å²) in [4.78, 5) is 2.36.